The number of β-amino-alcohol motifs (C(OH)–C–C–N with tert-alkyl or cyclic N) is 1. The maximum Gasteiger partial charge on any atom is 0.271 e. The van der Waals surface area contributed by atoms with E-state index in [4.69, 9.17) is 4.74 Å². The van der Waals surface area contributed by atoms with E-state index in [-0.39, 0.29) is 5.69 Å². The molecular weight excluding hydrogens is 358 g/mol. The average molecular weight is 382 g/mol. The molecule has 0 radical (unpaired) electrons. The third-order valence-electron chi connectivity index (χ3n) is 5.63. The number of anilines is 1. The Labute approximate surface area is 163 Å². The molecule has 0 fully saturated rings. The van der Waals surface area contributed by atoms with Crippen LogP contribution in [0.3, 0.4) is 0 Å². The van der Waals surface area contributed by atoms with Crippen molar-refractivity contribution in [2.75, 3.05) is 25.1 Å². The second kappa shape index (κ2) is 7.24. The molecule has 0 spiro atoms. The Morgan fingerprint density at radius 3 is 2.79 bits per heavy atom. The Morgan fingerprint density at radius 2 is 2.00 bits per heavy atom. The van der Waals surface area contributed by atoms with Crippen molar-refractivity contribution in [2.24, 2.45) is 0 Å². The summed E-state index contributed by atoms with van der Waals surface area (Å²) in [5.74, 6) is 1.78. The van der Waals surface area contributed by atoms with Gasteiger partial charge in [0.1, 0.15) is 0 Å². The highest BCUT2D eigenvalue weighted by molar-refractivity contribution is 5.97. The quantitative estimate of drug-likeness (QED) is 0.499. The van der Waals surface area contributed by atoms with Gasteiger partial charge in [-0.1, -0.05) is 24.3 Å². The average Bonchev–Trinajstić information content (AvgIpc) is 2.87. The molecule has 7 nitrogen and oxygen atoms in total. The number of non-ortho nitro benzene ring substituents is 1. The van der Waals surface area contributed by atoms with E-state index >= 15 is 0 Å². The summed E-state index contributed by atoms with van der Waals surface area (Å²) in [6, 6.07) is 14.1. The predicted octanol–water partition coefficient (Wildman–Crippen LogP) is 3.25. The first kappa shape index (κ1) is 18.4. The number of nitro benzene ring substituents is 1. The van der Waals surface area contributed by atoms with Crippen LogP contribution in [0.1, 0.15) is 31.2 Å². The summed E-state index contributed by atoms with van der Waals surface area (Å²) in [6.45, 7) is 1.00. The Kier molecular flexibility index (Phi) is 4.77. The van der Waals surface area contributed by atoms with Crippen molar-refractivity contribution < 1.29 is 19.3 Å². The van der Waals surface area contributed by atoms with E-state index in [0.29, 0.717) is 18.7 Å². The van der Waals surface area contributed by atoms with Crippen molar-refractivity contribution in [3.63, 3.8) is 0 Å². The van der Waals surface area contributed by atoms with Crippen LogP contribution in [0.4, 0.5) is 11.4 Å². The number of ether oxygens (including phenoxy) is 1. The van der Waals surface area contributed by atoms with Gasteiger partial charge in [-0.05, 0) is 31.4 Å². The monoisotopic (exact) mass is 382 g/mol. The molecule has 2 aliphatic rings. The molecular formula is C21H24N3O4+. The number of hydrogen-bond acceptors (Lipinski definition) is 5. The van der Waals surface area contributed by atoms with E-state index in [1.165, 1.54) is 12.1 Å². The van der Waals surface area contributed by atoms with E-state index in [9.17, 15) is 15.2 Å². The first-order valence-corrected chi connectivity index (χ1v) is 9.56. The molecule has 0 unspecified atom stereocenters. The topological polar surface area (TPSA) is 78.9 Å². The minimum absolute atomic E-state index is 0.0157. The highest BCUT2D eigenvalue weighted by Gasteiger charge is 2.52. The van der Waals surface area contributed by atoms with Gasteiger partial charge in [-0.3, -0.25) is 10.1 Å². The third-order valence-corrected chi connectivity index (χ3v) is 5.63. The minimum Gasteiger partial charge on any atom is -0.492 e. The smallest absolute Gasteiger partial charge is 0.271 e. The highest BCUT2D eigenvalue weighted by Crippen LogP contribution is 2.39. The molecule has 0 saturated carbocycles. The number of hydrogen-bond donors (Lipinski definition) is 1. The molecule has 2 aromatic rings. The SMILES string of the molecule is COc1ccccc1N1C[C@](O)(c2cccc([N+](=O)[O-])c2)[N+]2=C1CCCCC2. The van der Waals surface area contributed by atoms with Crippen LogP contribution in [0.15, 0.2) is 48.5 Å². The first-order valence-electron chi connectivity index (χ1n) is 9.56. The molecule has 0 aliphatic carbocycles. The normalized spacial score (nSPS) is 22.0. The first-order chi connectivity index (χ1) is 13.5. The van der Waals surface area contributed by atoms with E-state index in [2.05, 4.69) is 4.90 Å². The van der Waals surface area contributed by atoms with Gasteiger partial charge in [-0.15, -0.1) is 0 Å². The van der Waals surface area contributed by atoms with Gasteiger partial charge < -0.3 is 9.84 Å². The number of nitrogens with zero attached hydrogens (tertiary/aromatic N) is 3. The van der Waals surface area contributed by atoms with Gasteiger partial charge >= 0.3 is 0 Å². The number of aliphatic hydroxyl groups is 1. The van der Waals surface area contributed by atoms with Crippen LogP contribution >= 0.6 is 0 Å². The zero-order valence-electron chi connectivity index (χ0n) is 15.9. The summed E-state index contributed by atoms with van der Waals surface area (Å²) in [5, 5.41) is 23.0. The molecule has 28 heavy (non-hydrogen) atoms. The van der Waals surface area contributed by atoms with E-state index in [1.54, 1.807) is 19.2 Å². The molecule has 0 aromatic heterocycles. The molecule has 4 rings (SSSR count). The van der Waals surface area contributed by atoms with Crippen molar-refractivity contribution in [1.82, 2.24) is 0 Å². The van der Waals surface area contributed by atoms with Crippen molar-refractivity contribution >= 4 is 17.2 Å². The lowest BCUT2D eigenvalue weighted by Crippen LogP contribution is -2.41. The fourth-order valence-electron chi connectivity index (χ4n) is 4.26. The number of benzene rings is 2. The zero-order valence-corrected chi connectivity index (χ0v) is 15.9. The third kappa shape index (κ3) is 3.01. The molecule has 146 valence electrons. The summed E-state index contributed by atoms with van der Waals surface area (Å²) < 4.78 is 7.57. The largest absolute Gasteiger partial charge is 0.492 e. The number of nitro groups is 1. The van der Waals surface area contributed by atoms with Gasteiger partial charge in [0.25, 0.3) is 17.2 Å². The molecule has 7 heteroatoms. The second-order valence-electron chi connectivity index (χ2n) is 7.26. The number of amidine groups is 1. The van der Waals surface area contributed by atoms with E-state index in [0.717, 1.165) is 43.0 Å². The highest BCUT2D eigenvalue weighted by atomic mass is 16.6. The van der Waals surface area contributed by atoms with Crippen LogP contribution in [-0.4, -0.2) is 40.6 Å². The van der Waals surface area contributed by atoms with Gasteiger partial charge in [0.05, 0.1) is 18.6 Å². The second-order valence-corrected chi connectivity index (χ2v) is 7.26. The fourth-order valence-corrected chi connectivity index (χ4v) is 4.26. The lowest BCUT2D eigenvalue weighted by molar-refractivity contribution is -0.658. The molecule has 0 saturated heterocycles. The van der Waals surface area contributed by atoms with Crippen LogP contribution in [0.25, 0.3) is 0 Å². The fraction of sp³-hybridized carbons (Fsp3) is 0.381. The molecule has 0 bridgehead atoms. The summed E-state index contributed by atoms with van der Waals surface area (Å²) in [4.78, 5) is 12.9. The van der Waals surface area contributed by atoms with Gasteiger partial charge in [-0.25, -0.2) is 9.48 Å². The number of para-hydroxylation sites is 2. The standard InChI is InChI=1S/C21H24N3O4/c1-28-19-11-5-4-10-18(19)22-15-21(25,23-13-6-2-3-12-20(22)23)16-8-7-9-17(14-16)24(26)27/h4-5,7-11,14,25H,2-3,6,12-13,15H2,1H3/q+1/t21-/m0/s1. The van der Waals surface area contributed by atoms with Gasteiger partial charge in [-0.2, -0.15) is 0 Å². The molecule has 2 aliphatic heterocycles. The summed E-state index contributed by atoms with van der Waals surface area (Å²) in [7, 11) is 1.64. The van der Waals surface area contributed by atoms with Crippen molar-refractivity contribution in [2.45, 2.75) is 31.4 Å². The van der Waals surface area contributed by atoms with Crippen LogP contribution in [0.2, 0.25) is 0 Å². The lowest BCUT2D eigenvalue weighted by Gasteiger charge is -2.23. The molecule has 2 heterocycles. The Morgan fingerprint density at radius 1 is 1.18 bits per heavy atom. The Balaban J connectivity index is 1.84. The van der Waals surface area contributed by atoms with Crippen LogP contribution in [0, 0.1) is 10.1 Å². The van der Waals surface area contributed by atoms with Crippen LogP contribution in [0.5, 0.6) is 5.75 Å². The van der Waals surface area contributed by atoms with Gasteiger partial charge in [0.15, 0.2) is 18.0 Å². The minimum atomic E-state index is -1.33. The van der Waals surface area contributed by atoms with Crippen LogP contribution in [-0.2, 0) is 5.72 Å². The molecule has 0 amide bonds. The Hall–Kier alpha value is -2.93. The summed E-state index contributed by atoms with van der Waals surface area (Å²) in [5.41, 5.74) is 0.0943. The molecule has 1 atom stereocenters. The van der Waals surface area contributed by atoms with E-state index < -0.39 is 10.6 Å². The van der Waals surface area contributed by atoms with E-state index in [1.807, 2.05) is 28.8 Å². The molecule has 1 N–H and O–H groups in total. The predicted molar refractivity (Wildman–Crippen MR) is 106 cm³/mol. The van der Waals surface area contributed by atoms with Crippen molar-refractivity contribution in [3.05, 3.63) is 64.2 Å². The maximum atomic E-state index is 11.8. The molecule has 2 aromatic carbocycles. The van der Waals surface area contributed by atoms with Gasteiger partial charge in [0.2, 0.25) is 0 Å². The number of methoxy groups -OCH3 is 1. The van der Waals surface area contributed by atoms with Crippen molar-refractivity contribution in [3.8, 4) is 5.75 Å². The van der Waals surface area contributed by atoms with Crippen LogP contribution < -0.4 is 9.64 Å². The summed E-state index contributed by atoms with van der Waals surface area (Å²) >= 11 is 0. The summed E-state index contributed by atoms with van der Waals surface area (Å²) in [6.07, 6.45) is 3.95. The zero-order chi connectivity index (χ0) is 19.7. The maximum absolute atomic E-state index is 11.8. The lowest BCUT2D eigenvalue weighted by atomic mass is 10.0. The number of rotatable bonds is 4. The Bertz CT molecular complexity index is 943. The van der Waals surface area contributed by atoms with Crippen molar-refractivity contribution in [1.29, 1.82) is 0 Å². The van der Waals surface area contributed by atoms with Gasteiger partial charge in [0, 0.05) is 24.1 Å².